The Hall–Kier alpha value is -2.54. The van der Waals surface area contributed by atoms with E-state index < -0.39 is 0 Å². The Morgan fingerprint density at radius 2 is 2.00 bits per heavy atom. The Balaban J connectivity index is 1.73. The molecule has 0 fully saturated rings. The highest BCUT2D eigenvalue weighted by Gasteiger charge is 2.18. The first-order valence-electron chi connectivity index (χ1n) is 9.94. The largest absolute Gasteiger partial charge is 0.490 e. The van der Waals surface area contributed by atoms with Gasteiger partial charge in [0.2, 0.25) is 5.91 Å². The monoisotopic (exact) mass is 386 g/mol. The van der Waals surface area contributed by atoms with Gasteiger partial charge < -0.3 is 20.1 Å². The number of ether oxygens (including phenoxy) is 2. The number of amides is 1. The van der Waals surface area contributed by atoms with E-state index in [0.717, 1.165) is 41.2 Å². The fourth-order valence-corrected chi connectivity index (χ4v) is 3.05. The van der Waals surface area contributed by atoms with Crippen LogP contribution >= 0.6 is 0 Å². The third kappa shape index (κ3) is 4.84. The van der Waals surface area contributed by atoms with E-state index in [1.54, 1.807) is 4.68 Å². The molecule has 2 aromatic rings. The maximum atomic E-state index is 12.3. The summed E-state index contributed by atoms with van der Waals surface area (Å²) in [6, 6.07) is 5.80. The zero-order valence-corrected chi connectivity index (χ0v) is 17.1. The van der Waals surface area contributed by atoms with E-state index in [4.69, 9.17) is 9.47 Å². The molecule has 1 aromatic carbocycles. The Bertz CT molecular complexity index is 818. The van der Waals surface area contributed by atoms with Crippen LogP contribution in [0.1, 0.15) is 39.2 Å². The van der Waals surface area contributed by atoms with Crippen LogP contribution in [0.25, 0.3) is 11.3 Å². The van der Waals surface area contributed by atoms with Gasteiger partial charge in [-0.05, 0) is 38.5 Å². The van der Waals surface area contributed by atoms with Crippen LogP contribution in [0.2, 0.25) is 0 Å². The third-order valence-electron chi connectivity index (χ3n) is 4.92. The van der Waals surface area contributed by atoms with E-state index in [1.165, 1.54) is 0 Å². The number of nitrogens with zero attached hydrogens (tertiary/aromatic N) is 2. The van der Waals surface area contributed by atoms with E-state index in [-0.39, 0.29) is 18.0 Å². The average molecular weight is 386 g/mol. The quantitative estimate of drug-likeness (QED) is 0.765. The summed E-state index contributed by atoms with van der Waals surface area (Å²) in [6.45, 7) is 7.81. The number of aryl methyl sites for hydroxylation is 1. The van der Waals surface area contributed by atoms with Crippen LogP contribution in [0.15, 0.2) is 24.4 Å². The van der Waals surface area contributed by atoms with Gasteiger partial charge in [-0.3, -0.25) is 9.48 Å². The molecular weight excluding hydrogens is 356 g/mol. The van der Waals surface area contributed by atoms with E-state index in [2.05, 4.69) is 22.7 Å². The second-order valence-electron chi connectivity index (χ2n) is 7.31. The summed E-state index contributed by atoms with van der Waals surface area (Å²) in [5.74, 6) is 1.53. The fourth-order valence-electron chi connectivity index (χ4n) is 3.05. The van der Waals surface area contributed by atoms with Crippen LogP contribution in [-0.4, -0.2) is 41.0 Å². The van der Waals surface area contributed by atoms with Gasteiger partial charge in [0.1, 0.15) is 0 Å². The van der Waals surface area contributed by atoms with E-state index in [1.807, 2.05) is 45.3 Å². The van der Waals surface area contributed by atoms with Gasteiger partial charge in [0.15, 0.2) is 11.5 Å². The number of carbonyl (C=O) groups excluding carboxylic acids is 1. The first kappa shape index (κ1) is 20.2. The molecule has 0 saturated carbocycles. The van der Waals surface area contributed by atoms with Crippen LogP contribution in [0.4, 0.5) is 0 Å². The van der Waals surface area contributed by atoms with Gasteiger partial charge in [-0.1, -0.05) is 6.92 Å². The van der Waals surface area contributed by atoms with Gasteiger partial charge in [-0.2, -0.15) is 5.10 Å². The Morgan fingerprint density at radius 1 is 1.25 bits per heavy atom. The lowest BCUT2D eigenvalue weighted by Crippen LogP contribution is -2.45. The number of benzene rings is 1. The highest BCUT2D eigenvalue weighted by atomic mass is 16.5. The summed E-state index contributed by atoms with van der Waals surface area (Å²) in [5.41, 5.74) is 2.87. The summed E-state index contributed by atoms with van der Waals surface area (Å²) in [6.07, 6.45) is 3.76. The van der Waals surface area contributed by atoms with Crippen molar-refractivity contribution in [2.45, 2.75) is 52.2 Å². The zero-order valence-electron chi connectivity index (χ0n) is 17.1. The van der Waals surface area contributed by atoms with E-state index in [9.17, 15) is 4.79 Å². The maximum Gasteiger partial charge on any atom is 0.237 e. The minimum atomic E-state index is -0.286. The molecule has 0 radical (unpaired) electrons. The second-order valence-corrected chi connectivity index (χ2v) is 7.31. The predicted molar refractivity (Wildman–Crippen MR) is 108 cm³/mol. The van der Waals surface area contributed by atoms with Crippen molar-refractivity contribution in [1.82, 2.24) is 20.4 Å². The van der Waals surface area contributed by atoms with Crippen molar-refractivity contribution in [3.63, 3.8) is 0 Å². The van der Waals surface area contributed by atoms with E-state index in [0.29, 0.717) is 19.8 Å². The highest BCUT2D eigenvalue weighted by molar-refractivity contribution is 5.81. The first-order valence-corrected chi connectivity index (χ1v) is 9.94. The van der Waals surface area contributed by atoms with Crippen LogP contribution in [0.3, 0.4) is 0 Å². The summed E-state index contributed by atoms with van der Waals surface area (Å²) >= 11 is 0. The maximum absolute atomic E-state index is 12.3. The SMILES string of the molecule is CCC(C)NC(=O)C(C)NCc1cn(C)nc1-c1ccc2c(c1)OCCCO2. The third-order valence-corrected chi connectivity index (χ3v) is 4.92. The van der Waals surface area contributed by atoms with Crippen molar-refractivity contribution >= 4 is 5.91 Å². The second kappa shape index (κ2) is 9.10. The van der Waals surface area contributed by atoms with Crippen LogP contribution in [-0.2, 0) is 18.4 Å². The van der Waals surface area contributed by atoms with Gasteiger partial charge >= 0.3 is 0 Å². The van der Waals surface area contributed by atoms with Gasteiger partial charge in [0, 0.05) is 43.4 Å². The van der Waals surface area contributed by atoms with Crippen molar-refractivity contribution in [2.24, 2.45) is 7.05 Å². The molecule has 28 heavy (non-hydrogen) atoms. The molecule has 152 valence electrons. The Labute approximate surface area is 166 Å². The number of carbonyl (C=O) groups is 1. The lowest BCUT2D eigenvalue weighted by atomic mass is 10.1. The molecular formula is C21H30N4O3. The molecule has 0 bridgehead atoms. The molecule has 2 heterocycles. The predicted octanol–water partition coefficient (Wildman–Crippen LogP) is 2.64. The van der Waals surface area contributed by atoms with Crippen molar-refractivity contribution in [3.8, 4) is 22.8 Å². The highest BCUT2D eigenvalue weighted by Crippen LogP contribution is 2.34. The summed E-state index contributed by atoms with van der Waals surface area (Å²) in [7, 11) is 1.90. The van der Waals surface area contributed by atoms with Gasteiger partial charge in [0.05, 0.1) is 24.9 Å². The number of hydrogen-bond donors (Lipinski definition) is 2. The Morgan fingerprint density at radius 3 is 2.75 bits per heavy atom. The van der Waals surface area contributed by atoms with Crippen LogP contribution in [0.5, 0.6) is 11.5 Å². The summed E-state index contributed by atoms with van der Waals surface area (Å²) in [4.78, 5) is 12.3. The standard InChI is InChI=1S/C21H30N4O3/c1-5-14(2)23-21(26)15(3)22-12-17-13-25(4)24-20(17)16-7-8-18-19(11-16)28-10-6-9-27-18/h7-8,11,13-15,22H,5-6,9-10,12H2,1-4H3,(H,23,26). The first-order chi connectivity index (χ1) is 13.5. The number of fused-ring (bicyclic) bond motifs is 1. The van der Waals surface area contributed by atoms with Gasteiger partial charge in [-0.25, -0.2) is 0 Å². The number of rotatable bonds is 7. The molecule has 0 saturated heterocycles. The molecule has 1 aromatic heterocycles. The molecule has 1 aliphatic rings. The molecule has 7 heteroatoms. The average Bonchev–Trinajstić information content (AvgIpc) is 2.90. The fraction of sp³-hybridized carbons (Fsp3) is 0.524. The molecule has 2 atom stereocenters. The smallest absolute Gasteiger partial charge is 0.237 e. The molecule has 2 N–H and O–H groups in total. The summed E-state index contributed by atoms with van der Waals surface area (Å²) < 4.78 is 13.3. The normalized spacial score (nSPS) is 15.6. The van der Waals surface area contributed by atoms with Gasteiger partial charge in [0.25, 0.3) is 0 Å². The lowest BCUT2D eigenvalue weighted by Gasteiger charge is -2.17. The van der Waals surface area contributed by atoms with Crippen LogP contribution in [0, 0.1) is 0 Å². The summed E-state index contributed by atoms with van der Waals surface area (Å²) in [5, 5.41) is 10.9. The molecule has 2 unspecified atom stereocenters. The minimum Gasteiger partial charge on any atom is -0.490 e. The topological polar surface area (TPSA) is 77.4 Å². The van der Waals surface area contributed by atoms with Crippen molar-refractivity contribution in [3.05, 3.63) is 30.0 Å². The lowest BCUT2D eigenvalue weighted by molar-refractivity contribution is -0.123. The molecule has 0 spiro atoms. The molecule has 1 aliphatic heterocycles. The van der Waals surface area contributed by atoms with Crippen LogP contribution < -0.4 is 20.1 Å². The number of hydrogen-bond acceptors (Lipinski definition) is 5. The number of nitrogens with one attached hydrogen (secondary N) is 2. The van der Waals surface area contributed by atoms with Crippen molar-refractivity contribution in [1.29, 1.82) is 0 Å². The number of aromatic nitrogens is 2. The zero-order chi connectivity index (χ0) is 20.1. The van der Waals surface area contributed by atoms with Crippen molar-refractivity contribution in [2.75, 3.05) is 13.2 Å². The molecule has 1 amide bonds. The Kier molecular flexibility index (Phi) is 6.57. The van der Waals surface area contributed by atoms with Gasteiger partial charge in [-0.15, -0.1) is 0 Å². The van der Waals surface area contributed by atoms with E-state index >= 15 is 0 Å². The minimum absolute atomic E-state index is 0.00960. The molecule has 3 rings (SSSR count). The molecule has 0 aliphatic carbocycles. The molecule has 7 nitrogen and oxygen atoms in total. The van der Waals surface area contributed by atoms with Crippen molar-refractivity contribution < 1.29 is 14.3 Å².